The fraction of sp³-hybridized carbons (Fsp3) is 0.0500. The van der Waals surface area contributed by atoms with E-state index in [4.69, 9.17) is 0 Å². The number of rotatable bonds is 4. The third kappa shape index (κ3) is 4.22. The molecule has 0 fully saturated rings. The van der Waals surface area contributed by atoms with Gasteiger partial charge in [0.15, 0.2) is 11.6 Å². The number of alkyl halides is 3. The van der Waals surface area contributed by atoms with E-state index in [-0.39, 0.29) is 5.56 Å². The van der Waals surface area contributed by atoms with Gasteiger partial charge in [-0.25, -0.2) is 9.97 Å². The summed E-state index contributed by atoms with van der Waals surface area (Å²) in [5.41, 5.74) is 0.882. The molecule has 0 unspecified atom stereocenters. The number of nitrogens with zero attached hydrogens (tertiary/aromatic N) is 2. The largest absolute Gasteiger partial charge is 0.416 e. The molecule has 0 saturated carbocycles. The lowest BCUT2D eigenvalue weighted by Gasteiger charge is -2.06. The van der Waals surface area contributed by atoms with Crippen LogP contribution in [-0.2, 0) is 6.18 Å². The number of carbonyl (C=O) groups excluding carboxylic acids is 1. The maximum absolute atomic E-state index is 12.5. The molecular formula is C20H13F3N2O. The van der Waals surface area contributed by atoms with E-state index >= 15 is 0 Å². The van der Waals surface area contributed by atoms with Crippen molar-refractivity contribution in [2.45, 2.75) is 6.18 Å². The number of allylic oxidation sites excluding steroid dienone is 1. The lowest BCUT2D eigenvalue weighted by atomic mass is 10.1. The Morgan fingerprint density at radius 2 is 1.50 bits per heavy atom. The Hall–Kier alpha value is -3.28. The van der Waals surface area contributed by atoms with Crippen LogP contribution in [0.2, 0.25) is 0 Å². The molecule has 0 spiro atoms. The number of hydrogen-bond donors (Lipinski definition) is 0. The number of ketones is 1. The highest BCUT2D eigenvalue weighted by Crippen LogP contribution is 2.29. The van der Waals surface area contributed by atoms with Crippen molar-refractivity contribution in [2.75, 3.05) is 0 Å². The maximum Gasteiger partial charge on any atom is 0.416 e. The molecule has 0 aliphatic rings. The highest BCUT2D eigenvalue weighted by atomic mass is 19.4. The van der Waals surface area contributed by atoms with Crippen LogP contribution in [0.5, 0.6) is 0 Å². The van der Waals surface area contributed by atoms with E-state index in [9.17, 15) is 18.0 Å². The van der Waals surface area contributed by atoms with Gasteiger partial charge in [-0.05, 0) is 24.3 Å². The third-order valence-electron chi connectivity index (χ3n) is 3.63. The second-order valence-corrected chi connectivity index (χ2v) is 5.48. The normalized spacial score (nSPS) is 11.7. The standard InChI is InChI=1S/C20H13F3N2O/c21-20(22,23)17-9-7-15(8-10-17)18(26)11-6-14-12-24-19(25-13-14)16-4-2-1-3-5-16/h1-13H/b11-6+. The van der Waals surface area contributed by atoms with E-state index in [1.807, 2.05) is 30.3 Å². The molecule has 0 N–H and O–H groups in total. The first kappa shape index (κ1) is 17.5. The average Bonchev–Trinajstić information content (AvgIpc) is 2.66. The summed E-state index contributed by atoms with van der Waals surface area (Å²) in [5, 5.41) is 0. The molecule has 0 bridgehead atoms. The van der Waals surface area contributed by atoms with Crippen molar-refractivity contribution >= 4 is 11.9 Å². The fourth-order valence-corrected chi connectivity index (χ4v) is 2.25. The van der Waals surface area contributed by atoms with Crippen LogP contribution in [0.3, 0.4) is 0 Å². The lowest BCUT2D eigenvalue weighted by Crippen LogP contribution is -2.05. The van der Waals surface area contributed by atoms with Gasteiger partial charge in [0.25, 0.3) is 0 Å². The van der Waals surface area contributed by atoms with Gasteiger partial charge in [-0.2, -0.15) is 13.2 Å². The van der Waals surface area contributed by atoms with Gasteiger partial charge in [0.1, 0.15) is 0 Å². The van der Waals surface area contributed by atoms with Crippen LogP contribution in [0, 0.1) is 0 Å². The monoisotopic (exact) mass is 354 g/mol. The predicted molar refractivity (Wildman–Crippen MR) is 92.3 cm³/mol. The number of hydrogen-bond acceptors (Lipinski definition) is 3. The van der Waals surface area contributed by atoms with Crippen LogP contribution in [0.25, 0.3) is 17.5 Å². The molecule has 0 radical (unpaired) electrons. The molecule has 26 heavy (non-hydrogen) atoms. The molecule has 0 aliphatic carbocycles. The van der Waals surface area contributed by atoms with Crippen LogP contribution in [-0.4, -0.2) is 15.8 Å². The zero-order valence-electron chi connectivity index (χ0n) is 13.4. The minimum Gasteiger partial charge on any atom is -0.289 e. The van der Waals surface area contributed by atoms with Crippen molar-refractivity contribution in [3.05, 3.63) is 89.8 Å². The van der Waals surface area contributed by atoms with Crippen molar-refractivity contribution in [1.29, 1.82) is 0 Å². The minimum atomic E-state index is -4.42. The number of carbonyl (C=O) groups is 1. The SMILES string of the molecule is O=C(/C=C/c1cnc(-c2ccccc2)nc1)c1ccc(C(F)(F)F)cc1. The van der Waals surface area contributed by atoms with Crippen molar-refractivity contribution in [2.24, 2.45) is 0 Å². The highest BCUT2D eigenvalue weighted by Gasteiger charge is 2.30. The molecular weight excluding hydrogens is 341 g/mol. The molecule has 0 saturated heterocycles. The summed E-state index contributed by atoms with van der Waals surface area (Å²) in [6.45, 7) is 0. The maximum atomic E-state index is 12.5. The van der Waals surface area contributed by atoms with Crippen LogP contribution in [0.15, 0.2) is 73.1 Å². The van der Waals surface area contributed by atoms with Gasteiger partial charge in [-0.15, -0.1) is 0 Å². The van der Waals surface area contributed by atoms with Gasteiger partial charge in [0, 0.05) is 29.1 Å². The molecule has 1 aromatic heterocycles. The van der Waals surface area contributed by atoms with Crippen LogP contribution in [0.1, 0.15) is 21.5 Å². The van der Waals surface area contributed by atoms with E-state index in [2.05, 4.69) is 9.97 Å². The first-order chi connectivity index (χ1) is 12.4. The summed E-state index contributed by atoms with van der Waals surface area (Å²) in [6.07, 6.45) is 1.53. The van der Waals surface area contributed by atoms with E-state index in [1.165, 1.54) is 12.2 Å². The number of halogens is 3. The second kappa shape index (κ2) is 7.31. The summed E-state index contributed by atoms with van der Waals surface area (Å²) in [5.74, 6) is 0.169. The lowest BCUT2D eigenvalue weighted by molar-refractivity contribution is -0.137. The topological polar surface area (TPSA) is 42.9 Å². The van der Waals surface area contributed by atoms with Gasteiger partial charge in [0.05, 0.1) is 5.56 Å². The van der Waals surface area contributed by atoms with Crippen LogP contribution in [0.4, 0.5) is 13.2 Å². The quantitative estimate of drug-likeness (QED) is 0.486. The smallest absolute Gasteiger partial charge is 0.289 e. The van der Waals surface area contributed by atoms with Crippen LogP contribution < -0.4 is 0 Å². The van der Waals surface area contributed by atoms with Crippen molar-refractivity contribution in [3.8, 4) is 11.4 Å². The summed E-state index contributed by atoms with van der Waals surface area (Å²) in [4.78, 5) is 20.5. The van der Waals surface area contributed by atoms with Crippen molar-refractivity contribution < 1.29 is 18.0 Å². The summed E-state index contributed by atoms with van der Waals surface area (Å²) < 4.78 is 37.6. The first-order valence-electron chi connectivity index (χ1n) is 7.70. The summed E-state index contributed by atoms with van der Waals surface area (Å²) >= 11 is 0. The highest BCUT2D eigenvalue weighted by molar-refractivity contribution is 6.06. The fourth-order valence-electron chi connectivity index (χ4n) is 2.25. The zero-order valence-corrected chi connectivity index (χ0v) is 13.4. The Morgan fingerprint density at radius 1 is 0.885 bits per heavy atom. The molecule has 3 nitrogen and oxygen atoms in total. The molecule has 3 aromatic rings. The zero-order chi connectivity index (χ0) is 18.6. The molecule has 3 rings (SSSR count). The van der Waals surface area contributed by atoms with Gasteiger partial charge in [0.2, 0.25) is 0 Å². The number of benzene rings is 2. The molecule has 0 aliphatic heterocycles. The Morgan fingerprint density at radius 3 is 2.08 bits per heavy atom. The Bertz CT molecular complexity index is 916. The number of aromatic nitrogens is 2. The Balaban J connectivity index is 1.70. The molecule has 2 aromatic carbocycles. The predicted octanol–water partition coefficient (Wildman–Crippen LogP) is 5.06. The molecule has 1 heterocycles. The first-order valence-corrected chi connectivity index (χ1v) is 7.70. The Kier molecular flexibility index (Phi) is 4.93. The molecule has 0 atom stereocenters. The molecule has 130 valence electrons. The minimum absolute atomic E-state index is 0.177. The second-order valence-electron chi connectivity index (χ2n) is 5.48. The summed E-state index contributed by atoms with van der Waals surface area (Å²) in [7, 11) is 0. The van der Waals surface area contributed by atoms with Gasteiger partial charge >= 0.3 is 6.18 Å². The van der Waals surface area contributed by atoms with Crippen molar-refractivity contribution in [3.63, 3.8) is 0 Å². The third-order valence-corrected chi connectivity index (χ3v) is 3.63. The van der Waals surface area contributed by atoms with E-state index < -0.39 is 17.5 Å². The van der Waals surface area contributed by atoms with Gasteiger partial charge in [-0.1, -0.05) is 42.5 Å². The Labute approximate surface area is 147 Å². The average molecular weight is 354 g/mol. The van der Waals surface area contributed by atoms with E-state index in [1.54, 1.807) is 12.4 Å². The van der Waals surface area contributed by atoms with Crippen LogP contribution >= 0.6 is 0 Å². The molecule has 0 amide bonds. The van der Waals surface area contributed by atoms with Gasteiger partial charge in [-0.3, -0.25) is 4.79 Å². The molecule has 6 heteroatoms. The van der Waals surface area contributed by atoms with Crippen molar-refractivity contribution in [1.82, 2.24) is 9.97 Å². The summed E-state index contributed by atoms with van der Waals surface area (Å²) in [6, 6.07) is 13.5. The van der Waals surface area contributed by atoms with E-state index in [0.29, 0.717) is 11.4 Å². The van der Waals surface area contributed by atoms with Gasteiger partial charge < -0.3 is 0 Å². The van der Waals surface area contributed by atoms with E-state index in [0.717, 1.165) is 29.8 Å².